The number of rotatable bonds is 4. The van der Waals surface area contributed by atoms with Gasteiger partial charge in [-0.2, -0.15) is 0 Å². The molecule has 0 aliphatic heterocycles. The van der Waals surface area contributed by atoms with E-state index in [0.717, 1.165) is 3.79 Å². The third-order valence-corrected chi connectivity index (χ3v) is 4.64. The summed E-state index contributed by atoms with van der Waals surface area (Å²) in [7, 11) is 3.99. The summed E-state index contributed by atoms with van der Waals surface area (Å²) in [6.07, 6.45) is 0.361. The van der Waals surface area contributed by atoms with Crippen molar-refractivity contribution in [2.45, 2.75) is 31.9 Å². The second-order valence-electron chi connectivity index (χ2n) is 4.47. The Kier molecular flexibility index (Phi) is 4.35. The van der Waals surface area contributed by atoms with Gasteiger partial charge < -0.3 is 10.0 Å². The van der Waals surface area contributed by atoms with Gasteiger partial charge in [0.2, 0.25) is 0 Å². The third kappa shape index (κ3) is 3.28. The SMILES string of the molecule is CN(C)C(C)(C)C(O)Cc1ccc(Br)s1. The highest BCUT2D eigenvalue weighted by molar-refractivity contribution is 9.11. The lowest BCUT2D eigenvalue weighted by atomic mass is 9.93. The molecule has 1 atom stereocenters. The quantitative estimate of drug-likeness (QED) is 0.922. The molecule has 2 nitrogen and oxygen atoms in total. The largest absolute Gasteiger partial charge is 0.391 e. The Balaban J connectivity index is 2.67. The Morgan fingerprint density at radius 3 is 2.47 bits per heavy atom. The van der Waals surface area contributed by atoms with Crippen molar-refractivity contribution in [2.24, 2.45) is 0 Å². The zero-order chi connectivity index (χ0) is 11.6. The van der Waals surface area contributed by atoms with E-state index in [9.17, 15) is 5.11 Å². The fraction of sp³-hybridized carbons (Fsp3) is 0.636. The van der Waals surface area contributed by atoms with Gasteiger partial charge in [-0.1, -0.05) is 0 Å². The van der Waals surface area contributed by atoms with Crippen LogP contribution in [-0.2, 0) is 6.42 Å². The van der Waals surface area contributed by atoms with Crippen LogP contribution in [0.1, 0.15) is 18.7 Å². The number of hydrogen-bond donors (Lipinski definition) is 1. The fourth-order valence-electron chi connectivity index (χ4n) is 1.20. The van der Waals surface area contributed by atoms with E-state index in [1.807, 2.05) is 20.2 Å². The molecule has 0 aromatic carbocycles. The highest BCUT2D eigenvalue weighted by Crippen LogP contribution is 2.26. The standard InChI is InChI=1S/C11H18BrNOS/c1-11(2,13(3)4)9(14)7-8-5-6-10(12)15-8/h5-6,9,14H,7H2,1-4H3. The molecule has 0 aliphatic rings. The van der Waals surface area contributed by atoms with Crippen LogP contribution < -0.4 is 0 Å². The van der Waals surface area contributed by atoms with Crippen molar-refractivity contribution in [3.05, 3.63) is 20.8 Å². The lowest BCUT2D eigenvalue weighted by Crippen LogP contribution is -2.49. The summed E-state index contributed by atoms with van der Waals surface area (Å²) >= 11 is 5.11. The summed E-state index contributed by atoms with van der Waals surface area (Å²) in [6.45, 7) is 4.11. The Morgan fingerprint density at radius 2 is 2.07 bits per heavy atom. The second-order valence-corrected chi connectivity index (χ2v) is 7.02. The van der Waals surface area contributed by atoms with Gasteiger partial charge in [-0.05, 0) is 56.0 Å². The van der Waals surface area contributed by atoms with Gasteiger partial charge in [0.15, 0.2) is 0 Å². The average molecular weight is 292 g/mol. The molecule has 0 fully saturated rings. The van der Waals surface area contributed by atoms with E-state index < -0.39 is 0 Å². The van der Waals surface area contributed by atoms with Crippen LogP contribution >= 0.6 is 27.3 Å². The minimum absolute atomic E-state index is 0.198. The smallest absolute Gasteiger partial charge is 0.0766 e. The van der Waals surface area contributed by atoms with Gasteiger partial charge in [0.25, 0.3) is 0 Å². The number of hydrogen-bond acceptors (Lipinski definition) is 3. The molecule has 0 radical (unpaired) electrons. The normalized spacial score (nSPS) is 14.6. The molecule has 1 heterocycles. The molecule has 0 saturated carbocycles. The van der Waals surface area contributed by atoms with Crippen LogP contribution in [0.15, 0.2) is 15.9 Å². The van der Waals surface area contributed by atoms with E-state index in [1.165, 1.54) is 4.88 Å². The molecule has 15 heavy (non-hydrogen) atoms. The van der Waals surface area contributed by atoms with Crippen molar-refractivity contribution in [1.29, 1.82) is 0 Å². The molecular formula is C11H18BrNOS. The van der Waals surface area contributed by atoms with Gasteiger partial charge in [-0.15, -0.1) is 11.3 Å². The molecule has 1 rings (SSSR count). The molecule has 1 unspecified atom stereocenters. The van der Waals surface area contributed by atoms with E-state index in [2.05, 4.69) is 40.7 Å². The summed E-state index contributed by atoms with van der Waals surface area (Å²) in [6, 6.07) is 4.08. The van der Waals surface area contributed by atoms with Crippen molar-refractivity contribution in [3.63, 3.8) is 0 Å². The molecule has 1 aromatic heterocycles. The first-order chi connectivity index (χ1) is 6.84. The van der Waals surface area contributed by atoms with Crippen LogP contribution in [0, 0.1) is 0 Å². The first-order valence-corrected chi connectivity index (χ1v) is 6.54. The summed E-state index contributed by atoms with van der Waals surface area (Å²) in [5.74, 6) is 0. The van der Waals surface area contributed by atoms with Crippen LogP contribution in [-0.4, -0.2) is 35.7 Å². The van der Waals surface area contributed by atoms with Crippen LogP contribution in [0.5, 0.6) is 0 Å². The van der Waals surface area contributed by atoms with E-state index >= 15 is 0 Å². The summed E-state index contributed by atoms with van der Waals surface area (Å²) in [5, 5.41) is 10.2. The summed E-state index contributed by atoms with van der Waals surface area (Å²) in [4.78, 5) is 3.27. The minimum atomic E-state index is -0.349. The van der Waals surface area contributed by atoms with Crippen LogP contribution in [0.3, 0.4) is 0 Å². The van der Waals surface area contributed by atoms with Gasteiger partial charge in [0.05, 0.1) is 9.89 Å². The number of aliphatic hydroxyl groups is 1. The zero-order valence-corrected chi connectivity index (χ0v) is 12.0. The maximum atomic E-state index is 10.2. The van der Waals surface area contributed by atoms with E-state index in [1.54, 1.807) is 11.3 Å². The van der Waals surface area contributed by atoms with Gasteiger partial charge in [-0.25, -0.2) is 0 Å². The Bertz CT molecular complexity index is 322. The van der Waals surface area contributed by atoms with Crippen molar-refractivity contribution >= 4 is 27.3 Å². The van der Waals surface area contributed by atoms with Crippen LogP contribution in [0.4, 0.5) is 0 Å². The van der Waals surface area contributed by atoms with Crippen molar-refractivity contribution in [1.82, 2.24) is 4.90 Å². The first kappa shape index (κ1) is 13.2. The Morgan fingerprint density at radius 1 is 1.47 bits per heavy atom. The molecule has 0 aliphatic carbocycles. The maximum absolute atomic E-state index is 10.2. The predicted molar refractivity (Wildman–Crippen MR) is 69.5 cm³/mol. The van der Waals surface area contributed by atoms with Gasteiger partial charge in [-0.3, -0.25) is 0 Å². The van der Waals surface area contributed by atoms with Gasteiger partial charge >= 0.3 is 0 Å². The summed E-state index contributed by atoms with van der Waals surface area (Å²) < 4.78 is 1.12. The molecule has 0 bridgehead atoms. The molecule has 1 N–H and O–H groups in total. The lowest BCUT2D eigenvalue weighted by molar-refractivity contribution is 0.0187. The van der Waals surface area contributed by atoms with Gasteiger partial charge in [0, 0.05) is 16.8 Å². The third-order valence-electron chi connectivity index (χ3n) is 2.99. The first-order valence-electron chi connectivity index (χ1n) is 4.93. The second kappa shape index (κ2) is 4.95. The van der Waals surface area contributed by atoms with Crippen molar-refractivity contribution in [3.8, 4) is 0 Å². The monoisotopic (exact) mass is 291 g/mol. The number of thiophene rings is 1. The van der Waals surface area contributed by atoms with E-state index in [4.69, 9.17) is 0 Å². The minimum Gasteiger partial charge on any atom is -0.391 e. The van der Waals surface area contributed by atoms with Crippen molar-refractivity contribution < 1.29 is 5.11 Å². The Labute approximate surface area is 104 Å². The maximum Gasteiger partial charge on any atom is 0.0766 e. The molecule has 1 aromatic rings. The molecule has 0 saturated heterocycles. The van der Waals surface area contributed by atoms with Crippen LogP contribution in [0.25, 0.3) is 0 Å². The highest BCUT2D eigenvalue weighted by Gasteiger charge is 2.30. The average Bonchev–Trinajstić information content (AvgIpc) is 2.50. The number of aliphatic hydroxyl groups excluding tert-OH is 1. The van der Waals surface area contributed by atoms with E-state index in [0.29, 0.717) is 6.42 Å². The predicted octanol–water partition coefficient (Wildman–Crippen LogP) is 2.75. The topological polar surface area (TPSA) is 23.5 Å². The van der Waals surface area contributed by atoms with Gasteiger partial charge in [0.1, 0.15) is 0 Å². The fourth-order valence-corrected chi connectivity index (χ4v) is 2.72. The number of likely N-dealkylation sites (N-methyl/N-ethyl adjacent to an activating group) is 1. The Hall–Kier alpha value is 0.1000. The number of nitrogens with zero attached hydrogens (tertiary/aromatic N) is 1. The molecular weight excluding hydrogens is 274 g/mol. The highest BCUT2D eigenvalue weighted by atomic mass is 79.9. The van der Waals surface area contributed by atoms with E-state index in [-0.39, 0.29) is 11.6 Å². The zero-order valence-electron chi connectivity index (χ0n) is 9.62. The molecule has 4 heteroatoms. The van der Waals surface area contributed by atoms with Crippen molar-refractivity contribution in [2.75, 3.05) is 14.1 Å². The molecule has 0 amide bonds. The lowest BCUT2D eigenvalue weighted by Gasteiger charge is -2.37. The number of halogens is 1. The molecule has 86 valence electrons. The van der Waals surface area contributed by atoms with Crippen LogP contribution in [0.2, 0.25) is 0 Å². The summed E-state index contributed by atoms with van der Waals surface area (Å²) in [5.41, 5.74) is -0.198. The molecule has 0 spiro atoms.